The molecule has 152 valence electrons. The molecule has 2 rings (SSSR count). The van der Waals surface area contributed by atoms with Gasteiger partial charge in [-0.1, -0.05) is 31.4 Å². The van der Waals surface area contributed by atoms with Crippen LogP contribution in [0.15, 0.2) is 23.1 Å². The summed E-state index contributed by atoms with van der Waals surface area (Å²) in [7, 11) is -3.68. The zero-order valence-corrected chi connectivity index (χ0v) is 17.4. The van der Waals surface area contributed by atoms with Gasteiger partial charge >= 0.3 is 6.09 Å². The highest BCUT2D eigenvalue weighted by molar-refractivity contribution is 7.89. The number of sulfonamides is 1. The summed E-state index contributed by atoms with van der Waals surface area (Å²) in [5, 5.41) is 0.387. The molecule has 0 atom stereocenters. The molecule has 0 N–H and O–H groups in total. The number of amides is 1. The van der Waals surface area contributed by atoms with Crippen molar-refractivity contribution < 1.29 is 22.7 Å². The van der Waals surface area contributed by atoms with Gasteiger partial charge in [0, 0.05) is 32.2 Å². The molecule has 9 heteroatoms. The van der Waals surface area contributed by atoms with Crippen LogP contribution in [0.4, 0.5) is 4.79 Å². The van der Waals surface area contributed by atoms with Crippen molar-refractivity contribution in [3.8, 4) is 5.75 Å². The lowest BCUT2D eigenvalue weighted by atomic mass is 10.3. The number of rotatable bonds is 8. The van der Waals surface area contributed by atoms with Crippen molar-refractivity contribution in [3.05, 3.63) is 23.2 Å². The van der Waals surface area contributed by atoms with E-state index in [1.54, 1.807) is 13.0 Å². The number of piperazine rings is 1. The van der Waals surface area contributed by atoms with Crippen LogP contribution in [-0.4, -0.2) is 63.1 Å². The van der Waals surface area contributed by atoms with Gasteiger partial charge in [0.2, 0.25) is 10.0 Å². The van der Waals surface area contributed by atoms with Gasteiger partial charge in [0.05, 0.1) is 23.1 Å². The van der Waals surface area contributed by atoms with Gasteiger partial charge in [-0.3, -0.25) is 0 Å². The second-order valence-corrected chi connectivity index (χ2v) is 8.58. The Morgan fingerprint density at radius 1 is 1.15 bits per heavy atom. The molecule has 1 aromatic carbocycles. The first-order valence-electron chi connectivity index (χ1n) is 9.24. The van der Waals surface area contributed by atoms with Crippen LogP contribution in [-0.2, 0) is 14.8 Å². The predicted molar refractivity (Wildman–Crippen MR) is 104 cm³/mol. The molecule has 0 aliphatic carbocycles. The highest BCUT2D eigenvalue weighted by Gasteiger charge is 2.31. The van der Waals surface area contributed by atoms with Gasteiger partial charge in [0.1, 0.15) is 5.75 Å². The first-order valence-corrected chi connectivity index (χ1v) is 11.1. The normalized spacial score (nSPS) is 15.6. The molecule has 0 bridgehead atoms. The number of hydrogen-bond acceptors (Lipinski definition) is 5. The molecule has 1 fully saturated rings. The Morgan fingerprint density at radius 3 is 2.48 bits per heavy atom. The molecule has 1 aromatic rings. The van der Waals surface area contributed by atoms with E-state index in [2.05, 4.69) is 6.92 Å². The maximum Gasteiger partial charge on any atom is 0.409 e. The van der Waals surface area contributed by atoms with E-state index in [-0.39, 0.29) is 18.0 Å². The van der Waals surface area contributed by atoms with Crippen molar-refractivity contribution in [1.82, 2.24) is 9.21 Å². The summed E-state index contributed by atoms with van der Waals surface area (Å²) in [6.07, 6.45) is 2.59. The van der Waals surface area contributed by atoms with Gasteiger partial charge in [-0.2, -0.15) is 4.31 Å². The average molecular weight is 419 g/mol. The molecular weight excluding hydrogens is 392 g/mol. The van der Waals surface area contributed by atoms with Crippen LogP contribution in [0.3, 0.4) is 0 Å². The molecule has 1 aliphatic heterocycles. The van der Waals surface area contributed by atoms with Crippen molar-refractivity contribution in [2.24, 2.45) is 0 Å². The van der Waals surface area contributed by atoms with Crippen molar-refractivity contribution in [1.29, 1.82) is 0 Å². The second-order valence-electron chi connectivity index (χ2n) is 6.24. The Bertz CT molecular complexity index is 733. The summed E-state index contributed by atoms with van der Waals surface area (Å²) in [5.41, 5.74) is 0. The molecule has 27 heavy (non-hydrogen) atoms. The first-order chi connectivity index (χ1) is 12.9. The van der Waals surface area contributed by atoms with Crippen LogP contribution < -0.4 is 4.74 Å². The van der Waals surface area contributed by atoms with Gasteiger partial charge in [0.15, 0.2) is 0 Å². The number of hydrogen-bond donors (Lipinski definition) is 0. The summed E-state index contributed by atoms with van der Waals surface area (Å²) >= 11 is 6.14. The van der Waals surface area contributed by atoms with E-state index >= 15 is 0 Å². The van der Waals surface area contributed by atoms with E-state index in [0.717, 1.165) is 19.3 Å². The molecule has 1 saturated heterocycles. The van der Waals surface area contributed by atoms with E-state index < -0.39 is 16.1 Å². The molecule has 1 heterocycles. The fraction of sp³-hybridized carbons (Fsp3) is 0.611. The average Bonchev–Trinajstić information content (AvgIpc) is 2.66. The number of halogens is 1. The van der Waals surface area contributed by atoms with Crippen molar-refractivity contribution in [2.45, 2.75) is 38.0 Å². The third-order valence-electron chi connectivity index (χ3n) is 4.31. The fourth-order valence-electron chi connectivity index (χ4n) is 2.76. The highest BCUT2D eigenvalue weighted by Crippen LogP contribution is 2.29. The zero-order chi connectivity index (χ0) is 19.9. The van der Waals surface area contributed by atoms with Gasteiger partial charge < -0.3 is 14.4 Å². The number of unbranched alkanes of at least 4 members (excludes halogenated alkanes) is 2. The van der Waals surface area contributed by atoms with E-state index in [0.29, 0.717) is 37.1 Å². The quantitative estimate of drug-likeness (QED) is 0.605. The molecule has 0 saturated carbocycles. The number of ether oxygens (including phenoxy) is 2. The van der Waals surface area contributed by atoms with Gasteiger partial charge in [-0.05, 0) is 25.5 Å². The number of nitrogens with zero attached hydrogens (tertiary/aromatic N) is 2. The molecule has 0 aromatic heterocycles. The summed E-state index contributed by atoms with van der Waals surface area (Å²) in [5.74, 6) is 0.374. The third-order valence-corrected chi connectivity index (χ3v) is 6.52. The Morgan fingerprint density at radius 2 is 1.85 bits per heavy atom. The minimum Gasteiger partial charge on any atom is -0.492 e. The lowest BCUT2D eigenvalue weighted by molar-refractivity contribution is 0.0934. The Kier molecular flexibility index (Phi) is 8.19. The first kappa shape index (κ1) is 21.8. The Hall–Kier alpha value is -1.51. The summed E-state index contributed by atoms with van der Waals surface area (Å²) < 4.78 is 37.8. The van der Waals surface area contributed by atoms with Gasteiger partial charge in [-0.15, -0.1) is 0 Å². The third kappa shape index (κ3) is 5.73. The second kappa shape index (κ2) is 10.1. The van der Waals surface area contributed by atoms with E-state index in [1.165, 1.54) is 21.3 Å². The summed E-state index contributed by atoms with van der Waals surface area (Å²) in [6.45, 7) is 5.66. The van der Waals surface area contributed by atoms with Crippen molar-refractivity contribution >= 4 is 27.7 Å². The molecule has 0 radical (unpaired) electrons. The van der Waals surface area contributed by atoms with Crippen LogP contribution in [0.1, 0.15) is 33.1 Å². The van der Waals surface area contributed by atoms with Crippen molar-refractivity contribution in [2.75, 3.05) is 39.4 Å². The number of carbonyl (C=O) groups is 1. The summed E-state index contributed by atoms with van der Waals surface area (Å²) in [4.78, 5) is 13.4. The Balaban J connectivity index is 2.05. The van der Waals surface area contributed by atoms with Crippen LogP contribution >= 0.6 is 11.6 Å². The predicted octanol–water partition coefficient (Wildman–Crippen LogP) is 3.37. The van der Waals surface area contributed by atoms with Crippen molar-refractivity contribution in [3.63, 3.8) is 0 Å². The lowest BCUT2D eigenvalue weighted by Gasteiger charge is -2.33. The monoisotopic (exact) mass is 418 g/mol. The minimum absolute atomic E-state index is 0.141. The van der Waals surface area contributed by atoms with Crippen LogP contribution in [0, 0.1) is 0 Å². The maximum absolute atomic E-state index is 12.9. The fourth-order valence-corrected chi connectivity index (χ4v) is 4.37. The maximum atomic E-state index is 12.9. The van der Waals surface area contributed by atoms with E-state index in [9.17, 15) is 13.2 Å². The smallest absolute Gasteiger partial charge is 0.409 e. The van der Waals surface area contributed by atoms with Gasteiger partial charge in [0.25, 0.3) is 0 Å². The molecule has 7 nitrogen and oxygen atoms in total. The molecular formula is C18H27ClN2O5S. The molecule has 0 spiro atoms. The lowest BCUT2D eigenvalue weighted by Crippen LogP contribution is -2.50. The van der Waals surface area contributed by atoms with Crippen LogP contribution in [0.2, 0.25) is 5.02 Å². The Labute approximate surface area is 166 Å². The minimum atomic E-state index is -3.68. The number of carbonyl (C=O) groups excluding carboxylic acids is 1. The van der Waals surface area contributed by atoms with E-state index in [1.807, 2.05) is 0 Å². The summed E-state index contributed by atoms with van der Waals surface area (Å²) in [6, 6.07) is 4.49. The largest absolute Gasteiger partial charge is 0.492 e. The molecule has 1 aliphatic rings. The van der Waals surface area contributed by atoms with E-state index in [4.69, 9.17) is 21.1 Å². The standard InChI is InChI=1S/C18H27ClN2O5S/c1-3-5-6-13-26-17-14-15(7-8-16(17)19)27(23,24)21-11-9-20(10-12-21)18(22)25-4-2/h7-8,14H,3-6,9-13H2,1-2H3. The topological polar surface area (TPSA) is 76.2 Å². The molecule has 0 unspecified atom stereocenters. The number of benzene rings is 1. The zero-order valence-electron chi connectivity index (χ0n) is 15.8. The van der Waals surface area contributed by atoms with Gasteiger partial charge in [-0.25, -0.2) is 13.2 Å². The highest BCUT2D eigenvalue weighted by atomic mass is 35.5. The van der Waals surface area contributed by atoms with Crippen LogP contribution in [0.5, 0.6) is 5.75 Å². The SMILES string of the molecule is CCCCCOc1cc(S(=O)(=O)N2CCN(C(=O)OCC)CC2)ccc1Cl. The molecule has 1 amide bonds. The van der Waals surface area contributed by atoms with Crippen LogP contribution in [0.25, 0.3) is 0 Å².